The Balaban J connectivity index is 1.80. The molecule has 1 aliphatic rings. The maximum absolute atomic E-state index is 13.3. The quantitative estimate of drug-likeness (QED) is 0.808. The molecule has 1 aromatic rings. The van der Waals surface area contributed by atoms with Gasteiger partial charge in [0.25, 0.3) is 0 Å². The third kappa shape index (κ3) is 3.01. The molecule has 1 fully saturated rings. The minimum absolute atomic E-state index is 0.189. The fourth-order valence-electron chi connectivity index (χ4n) is 1.91. The highest BCUT2D eigenvalue weighted by Crippen LogP contribution is 2.15. The largest absolute Gasteiger partial charge is 0.330 e. The monoisotopic (exact) mass is 237 g/mol. The molecule has 1 amide bonds. The molecule has 0 aliphatic carbocycles. The zero-order valence-corrected chi connectivity index (χ0v) is 9.53. The Labute approximate surface area is 99.6 Å². The summed E-state index contributed by atoms with van der Waals surface area (Å²) in [6.07, 6.45) is 0. The van der Waals surface area contributed by atoms with Crippen molar-refractivity contribution in [2.24, 2.45) is 11.7 Å². The van der Waals surface area contributed by atoms with Crippen LogP contribution >= 0.6 is 0 Å². The van der Waals surface area contributed by atoms with Gasteiger partial charge in [-0.05, 0) is 24.6 Å². The van der Waals surface area contributed by atoms with Gasteiger partial charge in [0.1, 0.15) is 5.82 Å². The molecule has 2 rings (SSSR count). The van der Waals surface area contributed by atoms with Crippen LogP contribution in [0.2, 0.25) is 0 Å². The molecule has 92 valence electrons. The molecular weight excluding hydrogens is 221 g/mol. The summed E-state index contributed by atoms with van der Waals surface area (Å²) in [6.45, 7) is 2.65. The lowest BCUT2D eigenvalue weighted by atomic mass is 10.0. The minimum Gasteiger partial charge on any atom is -0.330 e. The average Bonchev–Trinajstić information content (AvgIpc) is 2.26. The van der Waals surface area contributed by atoms with Crippen molar-refractivity contribution >= 4 is 11.6 Å². The number of carbonyl (C=O) groups excluding carboxylic acids is 1. The molecule has 0 atom stereocenters. The van der Waals surface area contributed by atoms with Crippen LogP contribution < -0.4 is 11.1 Å². The average molecular weight is 237 g/mol. The Hall–Kier alpha value is -1.46. The van der Waals surface area contributed by atoms with Gasteiger partial charge >= 0.3 is 0 Å². The molecule has 0 radical (unpaired) electrons. The topological polar surface area (TPSA) is 58.4 Å². The number of anilines is 1. The normalized spacial score (nSPS) is 16.6. The van der Waals surface area contributed by atoms with Gasteiger partial charge in [0.15, 0.2) is 0 Å². The predicted octanol–water partition coefficient (Wildman–Crippen LogP) is 0.655. The summed E-state index contributed by atoms with van der Waals surface area (Å²) in [6, 6.07) is 6.15. The highest BCUT2D eigenvalue weighted by molar-refractivity contribution is 5.92. The van der Waals surface area contributed by atoms with E-state index >= 15 is 0 Å². The van der Waals surface area contributed by atoms with Crippen molar-refractivity contribution < 1.29 is 9.18 Å². The van der Waals surface area contributed by atoms with Crippen LogP contribution in [0.25, 0.3) is 0 Å². The maximum Gasteiger partial charge on any atom is 0.238 e. The lowest BCUT2D eigenvalue weighted by Gasteiger charge is -2.37. The molecule has 0 bridgehead atoms. The molecule has 1 saturated heterocycles. The number of halogens is 1. The van der Waals surface area contributed by atoms with Gasteiger partial charge in [-0.1, -0.05) is 12.1 Å². The first-order chi connectivity index (χ1) is 8.19. The third-order valence-corrected chi connectivity index (χ3v) is 2.88. The van der Waals surface area contributed by atoms with Gasteiger partial charge < -0.3 is 11.1 Å². The second-order valence-corrected chi connectivity index (χ2v) is 4.32. The molecule has 17 heavy (non-hydrogen) atoms. The van der Waals surface area contributed by atoms with E-state index in [4.69, 9.17) is 5.73 Å². The van der Waals surface area contributed by atoms with E-state index in [1.54, 1.807) is 18.2 Å². The number of nitrogens with zero attached hydrogens (tertiary/aromatic N) is 1. The molecule has 4 nitrogen and oxygen atoms in total. The SMILES string of the molecule is NCC1CN(CC(=O)Nc2ccccc2F)C1. The van der Waals surface area contributed by atoms with Gasteiger partial charge in [-0.3, -0.25) is 9.69 Å². The Morgan fingerprint density at radius 2 is 2.18 bits per heavy atom. The summed E-state index contributed by atoms with van der Waals surface area (Å²) in [5.41, 5.74) is 5.72. The van der Waals surface area contributed by atoms with E-state index in [1.807, 2.05) is 4.90 Å². The van der Waals surface area contributed by atoms with E-state index in [1.165, 1.54) is 6.07 Å². The van der Waals surface area contributed by atoms with Crippen molar-refractivity contribution in [3.8, 4) is 0 Å². The molecule has 0 unspecified atom stereocenters. The van der Waals surface area contributed by atoms with Crippen LogP contribution in [-0.2, 0) is 4.79 Å². The van der Waals surface area contributed by atoms with Gasteiger partial charge in [0.05, 0.1) is 12.2 Å². The molecule has 1 heterocycles. The number of hydrogen-bond acceptors (Lipinski definition) is 3. The highest BCUT2D eigenvalue weighted by atomic mass is 19.1. The van der Waals surface area contributed by atoms with Crippen molar-refractivity contribution in [3.05, 3.63) is 30.1 Å². The Bertz CT molecular complexity index is 404. The van der Waals surface area contributed by atoms with Crippen molar-refractivity contribution in [3.63, 3.8) is 0 Å². The van der Waals surface area contributed by atoms with E-state index in [0.717, 1.165) is 13.1 Å². The highest BCUT2D eigenvalue weighted by Gasteiger charge is 2.26. The van der Waals surface area contributed by atoms with Crippen LogP contribution in [-0.4, -0.2) is 37.0 Å². The number of para-hydroxylation sites is 1. The van der Waals surface area contributed by atoms with Crippen molar-refractivity contribution in [1.82, 2.24) is 4.90 Å². The van der Waals surface area contributed by atoms with Gasteiger partial charge in [-0.15, -0.1) is 0 Å². The second kappa shape index (κ2) is 5.25. The van der Waals surface area contributed by atoms with E-state index in [-0.39, 0.29) is 11.6 Å². The lowest BCUT2D eigenvalue weighted by Crippen LogP contribution is -2.52. The van der Waals surface area contributed by atoms with Crippen molar-refractivity contribution in [2.45, 2.75) is 0 Å². The first-order valence-corrected chi connectivity index (χ1v) is 5.66. The van der Waals surface area contributed by atoms with E-state index in [9.17, 15) is 9.18 Å². The van der Waals surface area contributed by atoms with Crippen LogP contribution in [0.5, 0.6) is 0 Å². The van der Waals surface area contributed by atoms with E-state index in [2.05, 4.69) is 5.32 Å². The Kier molecular flexibility index (Phi) is 3.71. The van der Waals surface area contributed by atoms with Gasteiger partial charge in [0, 0.05) is 13.1 Å². The predicted molar refractivity (Wildman–Crippen MR) is 64.0 cm³/mol. The van der Waals surface area contributed by atoms with Crippen LogP contribution in [0.1, 0.15) is 0 Å². The van der Waals surface area contributed by atoms with Crippen LogP contribution in [0.4, 0.5) is 10.1 Å². The molecule has 3 N–H and O–H groups in total. The maximum atomic E-state index is 13.3. The first kappa shape index (κ1) is 12.0. The first-order valence-electron chi connectivity index (χ1n) is 5.66. The van der Waals surface area contributed by atoms with Crippen LogP contribution in [0.3, 0.4) is 0 Å². The number of hydrogen-bond donors (Lipinski definition) is 2. The fraction of sp³-hybridized carbons (Fsp3) is 0.417. The van der Waals surface area contributed by atoms with Crippen LogP contribution in [0, 0.1) is 11.7 Å². The van der Waals surface area contributed by atoms with Crippen LogP contribution in [0.15, 0.2) is 24.3 Å². The molecule has 5 heteroatoms. The summed E-state index contributed by atoms with van der Waals surface area (Å²) in [5.74, 6) is -0.105. The summed E-state index contributed by atoms with van der Waals surface area (Å²) in [5, 5.41) is 2.56. The van der Waals surface area contributed by atoms with E-state index in [0.29, 0.717) is 19.0 Å². The zero-order chi connectivity index (χ0) is 12.3. The number of benzene rings is 1. The number of amides is 1. The standard InChI is InChI=1S/C12H16FN3O/c13-10-3-1-2-4-11(10)15-12(17)8-16-6-9(5-14)7-16/h1-4,9H,5-8,14H2,(H,15,17). The minimum atomic E-state index is -0.413. The number of carbonyl (C=O) groups is 1. The Morgan fingerprint density at radius 1 is 1.47 bits per heavy atom. The summed E-state index contributed by atoms with van der Waals surface area (Å²) in [4.78, 5) is 13.6. The van der Waals surface area contributed by atoms with Crippen molar-refractivity contribution in [1.29, 1.82) is 0 Å². The van der Waals surface area contributed by atoms with Gasteiger partial charge in [-0.25, -0.2) is 4.39 Å². The number of likely N-dealkylation sites (tertiary alicyclic amines) is 1. The number of nitrogens with two attached hydrogens (primary N) is 1. The number of nitrogens with one attached hydrogen (secondary N) is 1. The molecule has 0 aromatic heterocycles. The molecule has 0 saturated carbocycles. The van der Waals surface area contributed by atoms with Gasteiger partial charge in [-0.2, -0.15) is 0 Å². The molecule has 0 spiro atoms. The summed E-state index contributed by atoms with van der Waals surface area (Å²) >= 11 is 0. The van der Waals surface area contributed by atoms with Gasteiger partial charge in [0.2, 0.25) is 5.91 Å². The third-order valence-electron chi connectivity index (χ3n) is 2.88. The fourth-order valence-corrected chi connectivity index (χ4v) is 1.91. The van der Waals surface area contributed by atoms with E-state index < -0.39 is 5.82 Å². The Morgan fingerprint density at radius 3 is 2.82 bits per heavy atom. The summed E-state index contributed by atoms with van der Waals surface area (Å²) < 4.78 is 13.3. The van der Waals surface area contributed by atoms with Crippen molar-refractivity contribution in [2.75, 3.05) is 31.5 Å². The molecular formula is C12H16FN3O. The summed E-state index contributed by atoms with van der Waals surface area (Å²) in [7, 11) is 0. The zero-order valence-electron chi connectivity index (χ0n) is 9.53. The number of rotatable bonds is 4. The lowest BCUT2D eigenvalue weighted by molar-refractivity contribution is -0.118. The molecule has 1 aromatic carbocycles. The molecule has 1 aliphatic heterocycles. The smallest absolute Gasteiger partial charge is 0.238 e. The second-order valence-electron chi connectivity index (χ2n) is 4.32.